The molecule has 0 spiro atoms. The van der Waals surface area contributed by atoms with Gasteiger partial charge in [-0.05, 0) is 37.0 Å². The van der Waals surface area contributed by atoms with E-state index in [1.165, 1.54) is 7.11 Å². The fourth-order valence-corrected chi connectivity index (χ4v) is 2.80. The molecule has 1 N–H and O–H groups in total. The minimum absolute atomic E-state index is 0.0810. The average molecular weight is 309 g/mol. The van der Waals surface area contributed by atoms with Crippen LogP contribution in [0, 0.1) is 17.2 Å². The Morgan fingerprint density at radius 2 is 2.19 bits per heavy atom. The minimum Gasteiger partial charge on any atom is -0.467 e. The Labute approximate surface area is 128 Å². The minimum atomic E-state index is -1.05. The third-order valence-corrected chi connectivity index (χ3v) is 4.18. The van der Waals surface area contributed by atoms with Gasteiger partial charge in [-0.1, -0.05) is 11.6 Å². The highest BCUT2D eigenvalue weighted by Crippen LogP contribution is 2.28. The van der Waals surface area contributed by atoms with Gasteiger partial charge in [0.05, 0.1) is 17.7 Å². The maximum Gasteiger partial charge on any atom is 0.334 e. The summed E-state index contributed by atoms with van der Waals surface area (Å²) in [4.78, 5) is 13.5. The molecule has 112 valence electrons. The number of halogens is 1. The first-order valence-electron chi connectivity index (χ1n) is 6.77. The third-order valence-electron chi connectivity index (χ3n) is 3.87. The number of nitrogens with zero attached hydrogens (tertiary/aromatic N) is 2. The van der Waals surface area contributed by atoms with Crippen molar-refractivity contribution in [2.24, 2.45) is 5.92 Å². The van der Waals surface area contributed by atoms with Gasteiger partial charge in [-0.25, -0.2) is 4.79 Å². The van der Waals surface area contributed by atoms with Crippen LogP contribution >= 0.6 is 11.6 Å². The van der Waals surface area contributed by atoms with Crippen LogP contribution in [0.4, 0.5) is 5.69 Å². The van der Waals surface area contributed by atoms with Gasteiger partial charge in [0.1, 0.15) is 6.07 Å². The second-order valence-corrected chi connectivity index (χ2v) is 5.48. The maximum atomic E-state index is 11.3. The van der Waals surface area contributed by atoms with Gasteiger partial charge in [0.15, 0.2) is 6.10 Å². The number of aliphatic hydroxyl groups excluding tert-OH is 1. The zero-order chi connectivity index (χ0) is 15.4. The molecule has 0 radical (unpaired) electrons. The number of hydrogen-bond acceptors (Lipinski definition) is 5. The molecule has 1 aromatic carbocycles. The van der Waals surface area contributed by atoms with Gasteiger partial charge in [0.25, 0.3) is 0 Å². The van der Waals surface area contributed by atoms with Gasteiger partial charge in [0.2, 0.25) is 0 Å². The van der Waals surface area contributed by atoms with E-state index >= 15 is 0 Å². The first-order valence-corrected chi connectivity index (χ1v) is 7.15. The first kappa shape index (κ1) is 15.6. The van der Waals surface area contributed by atoms with Gasteiger partial charge < -0.3 is 14.7 Å². The second-order valence-electron chi connectivity index (χ2n) is 5.07. The molecule has 1 fully saturated rings. The van der Waals surface area contributed by atoms with Crippen LogP contribution in [0.15, 0.2) is 18.2 Å². The summed E-state index contributed by atoms with van der Waals surface area (Å²) in [6, 6.07) is 7.37. The Hall–Kier alpha value is -1.77. The number of carbonyl (C=O) groups is 1. The van der Waals surface area contributed by atoms with Crippen molar-refractivity contribution in [2.45, 2.75) is 18.9 Å². The molecule has 5 nitrogen and oxygen atoms in total. The number of methoxy groups -OCH3 is 1. The van der Waals surface area contributed by atoms with Crippen molar-refractivity contribution in [2.75, 3.05) is 25.1 Å². The van der Waals surface area contributed by atoms with E-state index in [1.54, 1.807) is 12.1 Å². The van der Waals surface area contributed by atoms with Crippen LogP contribution in [0.25, 0.3) is 0 Å². The Bertz CT molecular complexity index is 563. The summed E-state index contributed by atoms with van der Waals surface area (Å²) in [6.45, 7) is 1.45. The molecule has 1 aromatic rings. The summed E-state index contributed by atoms with van der Waals surface area (Å²) >= 11 is 6.04. The van der Waals surface area contributed by atoms with Crippen molar-refractivity contribution in [3.8, 4) is 6.07 Å². The van der Waals surface area contributed by atoms with Crippen molar-refractivity contribution in [1.29, 1.82) is 5.26 Å². The second kappa shape index (κ2) is 6.79. The lowest BCUT2D eigenvalue weighted by Gasteiger charge is -2.34. The van der Waals surface area contributed by atoms with Crippen LogP contribution in [-0.4, -0.2) is 37.4 Å². The lowest BCUT2D eigenvalue weighted by atomic mass is 9.91. The van der Waals surface area contributed by atoms with E-state index in [0.717, 1.165) is 18.8 Å². The summed E-state index contributed by atoms with van der Waals surface area (Å²) in [7, 11) is 1.28. The molecule has 1 heterocycles. The fraction of sp³-hybridized carbons (Fsp3) is 0.467. The summed E-state index contributed by atoms with van der Waals surface area (Å²) in [5.74, 6) is -0.655. The largest absolute Gasteiger partial charge is 0.467 e. The van der Waals surface area contributed by atoms with Crippen molar-refractivity contribution in [3.05, 3.63) is 28.8 Å². The molecule has 0 aliphatic carbocycles. The number of aliphatic hydroxyl groups is 1. The summed E-state index contributed by atoms with van der Waals surface area (Å²) in [5.41, 5.74) is 1.40. The van der Waals surface area contributed by atoms with E-state index in [0.29, 0.717) is 23.4 Å². The first-order chi connectivity index (χ1) is 10.1. The molecule has 1 aliphatic rings. The molecular formula is C15H17ClN2O3. The monoisotopic (exact) mass is 308 g/mol. The van der Waals surface area contributed by atoms with E-state index in [-0.39, 0.29) is 5.92 Å². The molecule has 21 heavy (non-hydrogen) atoms. The van der Waals surface area contributed by atoms with Crippen LogP contribution in [-0.2, 0) is 9.53 Å². The molecule has 1 aliphatic heterocycles. The zero-order valence-corrected chi connectivity index (χ0v) is 12.5. The van der Waals surface area contributed by atoms with E-state index in [4.69, 9.17) is 16.9 Å². The molecule has 1 saturated heterocycles. The topological polar surface area (TPSA) is 73.6 Å². The highest BCUT2D eigenvalue weighted by molar-refractivity contribution is 6.32. The molecule has 2 rings (SSSR count). The van der Waals surface area contributed by atoms with Crippen LogP contribution in [0.1, 0.15) is 18.4 Å². The lowest BCUT2D eigenvalue weighted by molar-refractivity contribution is -0.153. The Morgan fingerprint density at radius 1 is 1.52 bits per heavy atom. The van der Waals surface area contributed by atoms with Gasteiger partial charge in [-0.2, -0.15) is 5.26 Å². The Morgan fingerprint density at radius 3 is 2.71 bits per heavy atom. The van der Waals surface area contributed by atoms with Gasteiger partial charge in [-0.15, -0.1) is 0 Å². The lowest BCUT2D eigenvalue weighted by Crippen LogP contribution is -2.40. The van der Waals surface area contributed by atoms with Gasteiger partial charge in [0, 0.05) is 18.8 Å². The number of anilines is 1. The smallest absolute Gasteiger partial charge is 0.334 e. The van der Waals surface area contributed by atoms with E-state index in [2.05, 4.69) is 9.64 Å². The van der Waals surface area contributed by atoms with Crippen LogP contribution in [0.2, 0.25) is 5.02 Å². The number of nitriles is 1. The number of carbonyl (C=O) groups excluding carboxylic acids is 1. The molecule has 0 aromatic heterocycles. The fourth-order valence-electron chi connectivity index (χ4n) is 2.58. The number of piperidine rings is 1. The number of esters is 1. The zero-order valence-electron chi connectivity index (χ0n) is 11.8. The highest BCUT2D eigenvalue weighted by Gasteiger charge is 2.30. The molecule has 6 heteroatoms. The standard InChI is InChI=1S/C15H17ClN2O3/c1-21-15(20)14(19)10-4-6-18(7-5-10)12-3-2-11(9-17)13(16)8-12/h2-3,8,10,14,19H,4-7H2,1H3. The van der Waals surface area contributed by atoms with Crippen molar-refractivity contribution in [3.63, 3.8) is 0 Å². The van der Waals surface area contributed by atoms with Crippen LogP contribution < -0.4 is 4.90 Å². The molecular weight excluding hydrogens is 292 g/mol. The Kier molecular flexibility index (Phi) is 5.05. The van der Waals surface area contributed by atoms with Gasteiger partial charge in [-0.3, -0.25) is 0 Å². The number of rotatable bonds is 3. The maximum absolute atomic E-state index is 11.3. The molecule has 0 saturated carbocycles. The molecule has 1 unspecified atom stereocenters. The van der Waals surface area contributed by atoms with Gasteiger partial charge >= 0.3 is 5.97 Å². The summed E-state index contributed by atoms with van der Waals surface area (Å²) < 4.78 is 4.57. The number of hydrogen-bond donors (Lipinski definition) is 1. The number of benzene rings is 1. The Balaban J connectivity index is 2.00. The van der Waals surface area contributed by atoms with Crippen molar-refractivity contribution < 1.29 is 14.6 Å². The van der Waals surface area contributed by atoms with Crippen molar-refractivity contribution >= 4 is 23.3 Å². The highest BCUT2D eigenvalue weighted by atomic mass is 35.5. The predicted octanol–water partition coefficient (Wildman–Crippen LogP) is 1.96. The summed E-state index contributed by atoms with van der Waals surface area (Å²) in [5, 5.41) is 19.2. The molecule has 0 bridgehead atoms. The van der Waals surface area contributed by atoms with Crippen LogP contribution in [0.5, 0.6) is 0 Å². The van der Waals surface area contributed by atoms with Crippen LogP contribution in [0.3, 0.4) is 0 Å². The summed E-state index contributed by atoms with van der Waals surface area (Å²) in [6.07, 6.45) is 0.351. The van der Waals surface area contributed by atoms with E-state index in [9.17, 15) is 9.90 Å². The molecule has 0 amide bonds. The third kappa shape index (κ3) is 3.46. The predicted molar refractivity (Wildman–Crippen MR) is 79.1 cm³/mol. The van der Waals surface area contributed by atoms with Crippen molar-refractivity contribution in [1.82, 2.24) is 0 Å². The molecule has 1 atom stereocenters. The SMILES string of the molecule is COC(=O)C(O)C1CCN(c2ccc(C#N)c(Cl)c2)CC1. The quantitative estimate of drug-likeness (QED) is 0.864. The normalized spacial score (nSPS) is 17.1. The average Bonchev–Trinajstić information content (AvgIpc) is 2.53. The number of ether oxygens (including phenoxy) is 1. The van der Waals surface area contributed by atoms with E-state index < -0.39 is 12.1 Å². The van der Waals surface area contributed by atoms with E-state index in [1.807, 2.05) is 12.1 Å².